The van der Waals surface area contributed by atoms with Gasteiger partial charge in [-0.1, -0.05) is 0 Å². The van der Waals surface area contributed by atoms with E-state index in [2.05, 4.69) is 20.6 Å². The number of carbonyl (C=O) groups excluding carboxylic acids is 2. The largest absolute Gasteiger partial charge is 0.397 e. The van der Waals surface area contributed by atoms with Crippen molar-refractivity contribution < 1.29 is 9.59 Å². The van der Waals surface area contributed by atoms with E-state index in [9.17, 15) is 20.1 Å². The van der Waals surface area contributed by atoms with Crippen molar-refractivity contribution in [3.8, 4) is 12.1 Å². The first-order valence-corrected chi connectivity index (χ1v) is 7.76. The molecule has 0 bridgehead atoms. The number of nitrogens with two attached hydrogens (primary N) is 1. The first-order chi connectivity index (χ1) is 13.0. The van der Waals surface area contributed by atoms with Gasteiger partial charge in [0.1, 0.15) is 28.7 Å². The smallest absolute Gasteiger partial charge is 0.211 e. The van der Waals surface area contributed by atoms with Crippen molar-refractivity contribution in [1.29, 1.82) is 10.5 Å². The van der Waals surface area contributed by atoms with Crippen LogP contribution in [0.4, 0.5) is 17.1 Å². The Morgan fingerprint density at radius 1 is 0.963 bits per heavy atom. The molecular formula is C18H13N7O2. The van der Waals surface area contributed by atoms with Crippen LogP contribution >= 0.6 is 0 Å². The molecule has 132 valence electrons. The van der Waals surface area contributed by atoms with E-state index in [1.54, 1.807) is 13.8 Å². The van der Waals surface area contributed by atoms with Crippen molar-refractivity contribution in [3.05, 3.63) is 28.3 Å². The summed E-state index contributed by atoms with van der Waals surface area (Å²) >= 11 is 0. The van der Waals surface area contributed by atoms with Gasteiger partial charge in [-0.05, 0) is 19.9 Å². The van der Waals surface area contributed by atoms with Crippen molar-refractivity contribution in [2.75, 3.05) is 16.4 Å². The average molecular weight is 359 g/mol. The molecule has 0 saturated carbocycles. The normalized spacial score (nSPS) is 10.2. The minimum atomic E-state index is 0.0613. The molecule has 2 amide bonds. The van der Waals surface area contributed by atoms with Gasteiger partial charge in [0.05, 0.1) is 28.0 Å². The highest BCUT2D eigenvalue weighted by atomic mass is 16.1. The second kappa shape index (κ2) is 6.58. The van der Waals surface area contributed by atoms with Gasteiger partial charge in [-0.3, -0.25) is 9.59 Å². The van der Waals surface area contributed by atoms with Crippen molar-refractivity contribution >= 4 is 51.9 Å². The monoisotopic (exact) mass is 359 g/mol. The highest BCUT2D eigenvalue weighted by molar-refractivity contribution is 6.04. The molecule has 9 heteroatoms. The van der Waals surface area contributed by atoms with Crippen LogP contribution in [0.2, 0.25) is 0 Å². The second-order valence-corrected chi connectivity index (χ2v) is 5.75. The molecule has 0 fully saturated rings. The maximum Gasteiger partial charge on any atom is 0.211 e. The Labute approximate surface area is 153 Å². The van der Waals surface area contributed by atoms with E-state index in [0.717, 1.165) is 0 Å². The summed E-state index contributed by atoms with van der Waals surface area (Å²) in [5.74, 6) is 0. The number of rotatable bonds is 4. The number of hydrogen-bond donors (Lipinski definition) is 3. The average Bonchev–Trinajstić information content (AvgIpc) is 2.67. The first kappa shape index (κ1) is 17.6. The molecule has 3 aromatic rings. The van der Waals surface area contributed by atoms with Crippen molar-refractivity contribution in [1.82, 2.24) is 9.97 Å². The van der Waals surface area contributed by atoms with Crippen LogP contribution in [-0.2, 0) is 9.59 Å². The van der Waals surface area contributed by atoms with E-state index in [1.165, 1.54) is 6.07 Å². The molecule has 0 saturated heterocycles. The van der Waals surface area contributed by atoms with Crippen LogP contribution in [0, 0.1) is 36.5 Å². The lowest BCUT2D eigenvalue weighted by Gasteiger charge is -2.15. The molecule has 27 heavy (non-hydrogen) atoms. The van der Waals surface area contributed by atoms with E-state index in [4.69, 9.17) is 5.73 Å². The Kier molecular flexibility index (Phi) is 4.28. The van der Waals surface area contributed by atoms with Gasteiger partial charge >= 0.3 is 0 Å². The predicted octanol–water partition coefficient (Wildman–Crippen LogP) is 1.86. The number of amides is 2. The lowest BCUT2D eigenvalue weighted by Crippen LogP contribution is -2.07. The zero-order valence-corrected chi connectivity index (χ0v) is 14.4. The molecular weight excluding hydrogens is 346 g/mol. The molecule has 1 aromatic heterocycles. The van der Waals surface area contributed by atoms with Crippen LogP contribution in [0.1, 0.15) is 22.3 Å². The molecule has 4 N–H and O–H groups in total. The number of aromatic nitrogens is 2. The summed E-state index contributed by atoms with van der Waals surface area (Å²) in [4.78, 5) is 30.8. The topological polar surface area (TPSA) is 158 Å². The molecule has 0 aliphatic rings. The molecule has 0 atom stereocenters. The Bertz CT molecular complexity index is 1220. The fourth-order valence-corrected chi connectivity index (χ4v) is 2.95. The molecule has 0 spiro atoms. The number of nitrogen functional groups attached to an aromatic ring is 1. The summed E-state index contributed by atoms with van der Waals surface area (Å²) in [5, 5.41) is 24.0. The second-order valence-electron chi connectivity index (χ2n) is 5.75. The molecule has 1 heterocycles. The lowest BCUT2D eigenvalue weighted by atomic mass is 10.0. The summed E-state index contributed by atoms with van der Waals surface area (Å²) in [6.45, 7) is 3.44. The fraction of sp³-hybridized carbons (Fsp3) is 0.111. The Balaban J connectivity index is 2.57. The van der Waals surface area contributed by atoms with Gasteiger partial charge in [0, 0.05) is 16.8 Å². The molecule has 9 nitrogen and oxygen atoms in total. The number of aryl methyl sites for hydroxylation is 2. The summed E-state index contributed by atoms with van der Waals surface area (Å²) < 4.78 is 0. The maximum atomic E-state index is 10.9. The SMILES string of the molecule is Cc1c(NC=O)cc(C#N)c2nc3c(C#N)c(NC=O)c(N)c(C)c3nc12. The van der Waals surface area contributed by atoms with Gasteiger partial charge < -0.3 is 16.4 Å². The number of nitrogens with zero attached hydrogens (tertiary/aromatic N) is 4. The molecule has 2 aromatic carbocycles. The molecule has 3 rings (SSSR count). The predicted molar refractivity (Wildman–Crippen MR) is 99.7 cm³/mol. The van der Waals surface area contributed by atoms with E-state index in [-0.39, 0.29) is 33.5 Å². The van der Waals surface area contributed by atoms with Crippen LogP contribution in [0.5, 0.6) is 0 Å². The van der Waals surface area contributed by atoms with Gasteiger partial charge in [-0.25, -0.2) is 9.97 Å². The first-order valence-electron chi connectivity index (χ1n) is 7.76. The molecule has 0 radical (unpaired) electrons. The minimum Gasteiger partial charge on any atom is -0.397 e. The van der Waals surface area contributed by atoms with Crippen LogP contribution in [0.15, 0.2) is 6.07 Å². The molecule has 0 unspecified atom stereocenters. The van der Waals surface area contributed by atoms with Gasteiger partial charge in [-0.15, -0.1) is 0 Å². The summed E-state index contributed by atoms with van der Waals surface area (Å²) in [6.07, 6.45) is 0.937. The highest BCUT2D eigenvalue weighted by Gasteiger charge is 2.20. The zero-order chi connectivity index (χ0) is 19.7. The number of benzene rings is 2. The summed E-state index contributed by atoms with van der Waals surface area (Å²) in [7, 11) is 0. The van der Waals surface area contributed by atoms with Crippen LogP contribution < -0.4 is 16.4 Å². The third kappa shape index (κ3) is 2.55. The van der Waals surface area contributed by atoms with Crippen LogP contribution in [0.25, 0.3) is 22.1 Å². The van der Waals surface area contributed by atoms with Gasteiger partial charge in [-0.2, -0.15) is 10.5 Å². The number of nitrogens with one attached hydrogen (secondary N) is 2. The number of carbonyl (C=O) groups is 2. The molecule has 0 aliphatic heterocycles. The third-order valence-corrected chi connectivity index (χ3v) is 4.36. The molecule has 0 aliphatic carbocycles. The summed E-state index contributed by atoms with van der Waals surface area (Å²) in [5.41, 5.74) is 9.59. The number of fused-ring (bicyclic) bond motifs is 2. The van der Waals surface area contributed by atoms with E-state index < -0.39 is 0 Å². The van der Waals surface area contributed by atoms with Crippen LogP contribution in [0.3, 0.4) is 0 Å². The minimum absolute atomic E-state index is 0.0613. The maximum absolute atomic E-state index is 10.9. The zero-order valence-electron chi connectivity index (χ0n) is 14.4. The highest BCUT2D eigenvalue weighted by Crippen LogP contribution is 2.36. The van der Waals surface area contributed by atoms with Crippen molar-refractivity contribution in [3.63, 3.8) is 0 Å². The van der Waals surface area contributed by atoms with E-state index in [0.29, 0.717) is 40.7 Å². The van der Waals surface area contributed by atoms with E-state index >= 15 is 0 Å². The standard InChI is InChI=1S/C18H13N7O2/c1-8-12(22-6-26)3-10(4-19)16-14(8)24-15-9(2)13(21)17(23-7-27)11(5-20)18(15)25-16/h3,6-7H,21H2,1-2H3,(H,22,26)(H,23,27). The lowest BCUT2D eigenvalue weighted by molar-refractivity contribution is -0.106. The Morgan fingerprint density at radius 3 is 2.19 bits per heavy atom. The van der Waals surface area contributed by atoms with Crippen molar-refractivity contribution in [2.45, 2.75) is 13.8 Å². The Hall–Kier alpha value is -4.24. The third-order valence-electron chi connectivity index (χ3n) is 4.36. The number of anilines is 3. The number of nitriles is 2. The fourth-order valence-electron chi connectivity index (χ4n) is 2.95. The van der Waals surface area contributed by atoms with Gasteiger partial charge in [0.15, 0.2) is 0 Å². The van der Waals surface area contributed by atoms with Crippen LogP contribution in [-0.4, -0.2) is 22.8 Å². The quantitative estimate of drug-likeness (QED) is 0.364. The van der Waals surface area contributed by atoms with E-state index in [1.807, 2.05) is 12.1 Å². The Morgan fingerprint density at radius 2 is 1.59 bits per heavy atom. The van der Waals surface area contributed by atoms with Gasteiger partial charge in [0.25, 0.3) is 0 Å². The number of hydrogen-bond acceptors (Lipinski definition) is 7. The summed E-state index contributed by atoms with van der Waals surface area (Å²) in [6, 6.07) is 5.51. The van der Waals surface area contributed by atoms with Gasteiger partial charge in [0.2, 0.25) is 12.8 Å². The van der Waals surface area contributed by atoms with Crippen molar-refractivity contribution in [2.24, 2.45) is 0 Å².